The number of hydrogen-bond donors (Lipinski definition) is 1. The summed E-state index contributed by atoms with van der Waals surface area (Å²) < 4.78 is 4.90. The third-order valence-corrected chi connectivity index (χ3v) is 2.03. The van der Waals surface area contributed by atoms with E-state index in [1.807, 2.05) is 13.8 Å². The van der Waals surface area contributed by atoms with Crippen LogP contribution < -0.4 is 5.73 Å². The van der Waals surface area contributed by atoms with Crippen molar-refractivity contribution in [1.29, 1.82) is 0 Å². The van der Waals surface area contributed by atoms with E-state index in [-0.39, 0.29) is 6.04 Å². The Labute approximate surface area is 71.3 Å². The van der Waals surface area contributed by atoms with E-state index in [4.69, 9.17) is 21.8 Å². The van der Waals surface area contributed by atoms with E-state index in [2.05, 4.69) is 0 Å². The third-order valence-electron chi connectivity index (χ3n) is 1.72. The Kier molecular flexibility index (Phi) is 2.58. The molecular weight excluding hydrogens is 162 g/mol. The molecule has 0 saturated heterocycles. The Morgan fingerprint density at radius 1 is 1.45 bits per heavy atom. The lowest BCUT2D eigenvalue weighted by atomic mass is 10.00. The van der Waals surface area contributed by atoms with E-state index in [1.54, 1.807) is 6.26 Å². The average Bonchev–Trinajstić information content (AvgIpc) is 2.33. The van der Waals surface area contributed by atoms with Gasteiger partial charge in [-0.05, 0) is 5.92 Å². The molecule has 2 nitrogen and oxygen atoms in total. The van der Waals surface area contributed by atoms with Crippen molar-refractivity contribution in [3.63, 3.8) is 0 Å². The summed E-state index contributed by atoms with van der Waals surface area (Å²) in [6.07, 6.45) is 3.10. The molecule has 1 aromatic heterocycles. The maximum Gasteiger partial charge on any atom is 0.109 e. The van der Waals surface area contributed by atoms with Crippen LogP contribution in [0.2, 0.25) is 5.02 Å². The Hall–Kier alpha value is -0.470. The fourth-order valence-corrected chi connectivity index (χ4v) is 1.11. The van der Waals surface area contributed by atoms with Crippen LogP contribution >= 0.6 is 11.6 Å². The molecule has 1 aromatic rings. The largest absolute Gasteiger partial charge is 0.471 e. The summed E-state index contributed by atoms with van der Waals surface area (Å²) in [6, 6.07) is -0.0266. The number of hydrogen-bond acceptors (Lipinski definition) is 2. The van der Waals surface area contributed by atoms with Gasteiger partial charge in [-0.3, -0.25) is 0 Å². The van der Waals surface area contributed by atoms with Gasteiger partial charge in [-0.25, -0.2) is 0 Å². The molecule has 0 fully saturated rings. The number of halogens is 1. The van der Waals surface area contributed by atoms with Crippen LogP contribution in [-0.2, 0) is 0 Å². The van der Waals surface area contributed by atoms with Gasteiger partial charge in [0.2, 0.25) is 0 Å². The molecule has 3 heteroatoms. The molecule has 2 N–H and O–H groups in total. The lowest BCUT2D eigenvalue weighted by Crippen LogP contribution is -2.16. The summed E-state index contributed by atoms with van der Waals surface area (Å²) in [4.78, 5) is 0. The molecule has 0 bridgehead atoms. The molecule has 0 amide bonds. The van der Waals surface area contributed by atoms with Gasteiger partial charge in [-0.15, -0.1) is 0 Å². The van der Waals surface area contributed by atoms with Crippen molar-refractivity contribution in [3.8, 4) is 0 Å². The van der Waals surface area contributed by atoms with Crippen molar-refractivity contribution in [2.75, 3.05) is 0 Å². The molecule has 0 saturated carbocycles. The highest BCUT2D eigenvalue weighted by Crippen LogP contribution is 2.26. The highest BCUT2D eigenvalue weighted by molar-refractivity contribution is 6.31. The Balaban J connectivity index is 2.84. The highest BCUT2D eigenvalue weighted by atomic mass is 35.5. The van der Waals surface area contributed by atoms with Crippen LogP contribution in [0, 0.1) is 5.92 Å². The minimum Gasteiger partial charge on any atom is -0.471 e. The molecule has 11 heavy (non-hydrogen) atoms. The van der Waals surface area contributed by atoms with Crippen molar-refractivity contribution < 1.29 is 4.42 Å². The molecule has 0 radical (unpaired) electrons. The van der Waals surface area contributed by atoms with Crippen LogP contribution in [0.25, 0.3) is 0 Å². The second kappa shape index (κ2) is 3.28. The van der Waals surface area contributed by atoms with Crippen molar-refractivity contribution >= 4 is 11.6 Å². The van der Waals surface area contributed by atoms with Gasteiger partial charge in [-0.2, -0.15) is 0 Å². The summed E-state index contributed by atoms with van der Waals surface area (Å²) in [5.41, 5.74) is 6.73. The van der Waals surface area contributed by atoms with E-state index in [9.17, 15) is 0 Å². The van der Waals surface area contributed by atoms with Crippen molar-refractivity contribution in [2.24, 2.45) is 11.7 Å². The minimum atomic E-state index is -0.0266. The molecule has 0 aromatic carbocycles. The zero-order chi connectivity index (χ0) is 8.43. The van der Waals surface area contributed by atoms with Gasteiger partial charge in [-0.1, -0.05) is 25.4 Å². The van der Waals surface area contributed by atoms with Gasteiger partial charge in [0, 0.05) is 11.6 Å². The second-order valence-corrected chi connectivity index (χ2v) is 3.35. The molecule has 0 aliphatic rings. The monoisotopic (exact) mass is 173 g/mol. The number of nitrogens with two attached hydrogens (primary N) is 1. The minimum absolute atomic E-state index is 0.0266. The molecule has 0 aliphatic heterocycles. The Bertz CT molecular complexity index is 232. The maximum absolute atomic E-state index is 5.84. The predicted molar refractivity (Wildman–Crippen MR) is 45.5 cm³/mol. The third kappa shape index (κ3) is 1.76. The zero-order valence-corrected chi connectivity index (χ0v) is 7.43. The summed E-state index contributed by atoms with van der Waals surface area (Å²) in [5, 5.41) is 0.617. The summed E-state index contributed by atoms with van der Waals surface area (Å²) in [6.45, 7) is 4.10. The first-order chi connectivity index (χ1) is 5.13. The fourth-order valence-electron chi connectivity index (χ4n) is 0.888. The molecule has 0 aliphatic carbocycles. The Morgan fingerprint density at radius 3 is 2.45 bits per heavy atom. The van der Waals surface area contributed by atoms with E-state index in [1.165, 1.54) is 6.26 Å². The van der Waals surface area contributed by atoms with E-state index < -0.39 is 0 Å². The van der Waals surface area contributed by atoms with Crippen LogP contribution in [0.5, 0.6) is 0 Å². The van der Waals surface area contributed by atoms with Gasteiger partial charge in [0.05, 0.1) is 11.3 Å². The first-order valence-corrected chi connectivity index (χ1v) is 3.98. The van der Waals surface area contributed by atoms with Crippen molar-refractivity contribution in [2.45, 2.75) is 19.9 Å². The van der Waals surface area contributed by atoms with E-state index >= 15 is 0 Å². The molecule has 1 heterocycles. The molecular formula is C8H12ClNO. The number of rotatable bonds is 2. The van der Waals surface area contributed by atoms with Gasteiger partial charge >= 0.3 is 0 Å². The molecule has 1 rings (SSSR count). The standard InChI is InChI=1S/C8H12ClNO/c1-5(2)8(10)6-3-11-4-7(6)9/h3-5,8H,10H2,1-2H3/t8-/m1/s1. The van der Waals surface area contributed by atoms with Gasteiger partial charge in [0.25, 0.3) is 0 Å². The smallest absolute Gasteiger partial charge is 0.109 e. The first-order valence-electron chi connectivity index (χ1n) is 3.60. The first kappa shape index (κ1) is 8.62. The van der Waals surface area contributed by atoms with Crippen molar-refractivity contribution in [1.82, 2.24) is 0 Å². The SMILES string of the molecule is CC(C)[C@@H](N)c1cocc1Cl. The van der Waals surface area contributed by atoms with Crippen LogP contribution in [-0.4, -0.2) is 0 Å². The van der Waals surface area contributed by atoms with Gasteiger partial charge in [0.1, 0.15) is 6.26 Å². The maximum atomic E-state index is 5.84. The topological polar surface area (TPSA) is 39.2 Å². The second-order valence-electron chi connectivity index (χ2n) is 2.94. The molecule has 1 atom stereocenters. The zero-order valence-electron chi connectivity index (χ0n) is 6.67. The Morgan fingerprint density at radius 2 is 2.09 bits per heavy atom. The van der Waals surface area contributed by atoms with Gasteiger partial charge in [0.15, 0.2) is 0 Å². The fraction of sp³-hybridized carbons (Fsp3) is 0.500. The highest BCUT2D eigenvalue weighted by Gasteiger charge is 2.14. The summed E-state index contributed by atoms with van der Waals surface area (Å²) in [7, 11) is 0. The molecule has 0 spiro atoms. The van der Waals surface area contributed by atoms with Gasteiger partial charge < -0.3 is 10.2 Å². The number of furan rings is 1. The molecule has 0 unspecified atom stereocenters. The average molecular weight is 174 g/mol. The van der Waals surface area contributed by atoms with Crippen LogP contribution in [0.1, 0.15) is 25.5 Å². The lowest BCUT2D eigenvalue weighted by Gasteiger charge is -2.13. The van der Waals surface area contributed by atoms with Crippen LogP contribution in [0.3, 0.4) is 0 Å². The molecule has 62 valence electrons. The quantitative estimate of drug-likeness (QED) is 0.747. The lowest BCUT2D eigenvalue weighted by molar-refractivity contribution is 0.500. The van der Waals surface area contributed by atoms with Crippen LogP contribution in [0.4, 0.5) is 0 Å². The van der Waals surface area contributed by atoms with E-state index in [0.717, 1.165) is 5.56 Å². The van der Waals surface area contributed by atoms with E-state index in [0.29, 0.717) is 10.9 Å². The van der Waals surface area contributed by atoms with Crippen molar-refractivity contribution in [3.05, 3.63) is 23.1 Å². The summed E-state index contributed by atoms with van der Waals surface area (Å²) in [5.74, 6) is 0.380. The normalized spacial score (nSPS) is 13.9. The van der Waals surface area contributed by atoms with Crippen LogP contribution in [0.15, 0.2) is 16.9 Å². The summed E-state index contributed by atoms with van der Waals surface area (Å²) >= 11 is 5.80. The predicted octanol–water partition coefficient (Wildman–Crippen LogP) is 2.59.